The topological polar surface area (TPSA) is 99.7 Å². The Morgan fingerprint density at radius 1 is 1.11 bits per heavy atom. The van der Waals surface area contributed by atoms with Crippen LogP contribution in [0.15, 0.2) is 42.5 Å². The molecule has 148 valence electrons. The maximum atomic E-state index is 12.1. The van der Waals surface area contributed by atoms with Crippen LogP contribution in [-0.2, 0) is 16.0 Å². The monoisotopic (exact) mass is 375 g/mol. The molecule has 7 heteroatoms. The van der Waals surface area contributed by atoms with Gasteiger partial charge in [-0.3, -0.25) is 4.79 Å². The van der Waals surface area contributed by atoms with Crippen molar-refractivity contribution < 1.29 is 19.4 Å². The Bertz CT molecular complexity index is 621. The first-order valence-electron chi connectivity index (χ1n) is 9.42. The quantitative estimate of drug-likeness (QED) is 0.486. The van der Waals surface area contributed by atoms with Gasteiger partial charge in [-0.1, -0.05) is 49.4 Å². The lowest BCUT2D eigenvalue weighted by atomic mass is 10.0. The van der Waals surface area contributed by atoms with Gasteiger partial charge in [0.1, 0.15) is 6.10 Å². The number of ether oxygens (including phenoxy) is 1. The molecule has 4 N–H and O–H groups in total. The number of hydrogen-bond donors (Lipinski definition) is 4. The summed E-state index contributed by atoms with van der Waals surface area (Å²) in [5, 5.41) is 17.9. The summed E-state index contributed by atoms with van der Waals surface area (Å²) in [6, 6.07) is 9.22. The Morgan fingerprint density at radius 3 is 2.59 bits per heavy atom. The molecule has 27 heavy (non-hydrogen) atoms. The van der Waals surface area contributed by atoms with Gasteiger partial charge in [0.25, 0.3) is 0 Å². The standard InChI is InChI=1S/C20H29N3O4/c1-2-11-22-20(26)23-17-9-8-16(27-18(17)14-24)13-19(25)21-12-10-15-6-4-3-5-7-15/h3-9,16-18,24H,2,10-14H2,1H3,(H,21,25)(H2,22,23,26)/t16-,17-,18-/m0/s1. The van der Waals surface area contributed by atoms with Crippen molar-refractivity contribution in [1.82, 2.24) is 16.0 Å². The Labute approximate surface area is 160 Å². The summed E-state index contributed by atoms with van der Waals surface area (Å²) in [4.78, 5) is 23.9. The van der Waals surface area contributed by atoms with Gasteiger partial charge in [-0.25, -0.2) is 4.79 Å². The lowest BCUT2D eigenvalue weighted by Crippen LogP contribution is -2.51. The van der Waals surface area contributed by atoms with Crippen molar-refractivity contribution in [2.75, 3.05) is 19.7 Å². The second-order valence-corrected chi connectivity index (χ2v) is 6.50. The Balaban J connectivity index is 1.75. The maximum absolute atomic E-state index is 12.1. The maximum Gasteiger partial charge on any atom is 0.315 e. The van der Waals surface area contributed by atoms with E-state index in [2.05, 4.69) is 16.0 Å². The minimum Gasteiger partial charge on any atom is -0.394 e. The lowest BCUT2D eigenvalue weighted by Gasteiger charge is -2.31. The first-order valence-corrected chi connectivity index (χ1v) is 9.42. The average molecular weight is 375 g/mol. The molecule has 1 heterocycles. The van der Waals surface area contributed by atoms with Crippen LogP contribution in [0, 0.1) is 0 Å². The SMILES string of the molecule is CCCNC(=O)N[C@H]1C=C[C@@H](CC(=O)NCCc2ccccc2)O[C@H]1CO. The second-order valence-electron chi connectivity index (χ2n) is 6.50. The van der Waals surface area contributed by atoms with Crippen molar-refractivity contribution in [3.63, 3.8) is 0 Å². The molecule has 1 aliphatic rings. The van der Waals surface area contributed by atoms with Gasteiger partial charge in [0, 0.05) is 13.1 Å². The Hall–Kier alpha value is -2.38. The number of carbonyl (C=O) groups excluding carboxylic acids is 2. The first-order chi connectivity index (χ1) is 13.1. The van der Waals surface area contributed by atoms with Gasteiger partial charge < -0.3 is 25.8 Å². The molecule has 3 atom stereocenters. The number of carbonyl (C=O) groups is 2. The number of benzene rings is 1. The largest absolute Gasteiger partial charge is 0.394 e. The van der Waals surface area contributed by atoms with Crippen molar-refractivity contribution >= 4 is 11.9 Å². The number of amides is 3. The summed E-state index contributed by atoms with van der Waals surface area (Å²) in [5.74, 6) is -0.107. The van der Waals surface area contributed by atoms with E-state index in [-0.39, 0.29) is 25.0 Å². The molecular formula is C20H29N3O4. The molecule has 3 amide bonds. The summed E-state index contributed by atoms with van der Waals surface area (Å²) >= 11 is 0. The zero-order chi connectivity index (χ0) is 19.5. The molecule has 0 unspecified atom stereocenters. The molecule has 0 fully saturated rings. The van der Waals surface area contributed by atoms with Crippen molar-refractivity contribution in [3.05, 3.63) is 48.0 Å². The van der Waals surface area contributed by atoms with E-state index >= 15 is 0 Å². The number of aliphatic hydroxyl groups is 1. The highest BCUT2D eigenvalue weighted by atomic mass is 16.5. The predicted octanol–water partition coefficient (Wildman–Crippen LogP) is 1.13. The molecule has 0 radical (unpaired) electrons. The van der Waals surface area contributed by atoms with Gasteiger partial charge >= 0.3 is 6.03 Å². The van der Waals surface area contributed by atoms with Crippen LogP contribution < -0.4 is 16.0 Å². The van der Waals surface area contributed by atoms with Crippen LogP contribution in [0.2, 0.25) is 0 Å². The van der Waals surface area contributed by atoms with E-state index in [0.717, 1.165) is 12.8 Å². The van der Waals surface area contributed by atoms with Gasteiger partial charge in [0.15, 0.2) is 0 Å². The third-order valence-electron chi connectivity index (χ3n) is 4.26. The summed E-state index contributed by atoms with van der Waals surface area (Å²) in [5.41, 5.74) is 1.17. The average Bonchev–Trinajstić information content (AvgIpc) is 2.68. The van der Waals surface area contributed by atoms with E-state index in [4.69, 9.17) is 4.74 Å². The van der Waals surface area contributed by atoms with Gasteiger partial charge in [0.2, 0.25) is 5.91 Å². The molecule has 0 spiro atoms. The number of nitrogens with one attached hydrogen (secondary N) is 3. The fraction of sp³-hybridized carbons (Fsp3) is 0.500. The molecule has 2 rings (SSSR count). The van der Waals surface area contributed by atoms with Crippen molar-refractivity contribution in [2.24, 2.45) is 0 Å². The third-order valence-corrected chi connectivity index (χ3v) is 4.26. The molecule has 0 bridgehead atoms. The highest BCUT2D eigenvalue weighted by Crippen LogP contribution is 2.15. The molecular weight excluding hydrogens is 346 g/mol. The zero-order valence-electron chi connectivity index (χ0n) is 15.7. The molecule has 1 aromatic carbocycles. The Kier molecular flexibility index (Phi) is 8.80. The smallest absolute Gasteiger partial charge is 0.315 e. The normalized spacial score (nSPS) is 21.5. The minimum atomic E-state index is -0.579. The Morgan fingerprint density at radius 2 is 1.89 bits per heavy atom. The fourth-order valence-electron chi connectivity index (χ4n) is 2.82. The predicted molar refractivity (Wildman–Crippen MR) is 103 cm³/mol. The van der Waals surface area contributed by atoms with E-state index in [1.54, 1.807) is 12.2 Å². The van der Waals surface area contributed by atoms with E-state index in [0.29, 0.717) is 13.1 Å². The number of aliphatic hydroxyl groups excluding tert-OH is 1. The molecule has 1 aromatic rings. The van der Waals surface area contributed by atoms with Crippen molar-refractivity contribution in [1.29, 1.82) is 0 Å². The number of hydrogen-bond acceptors (Lipinski definition) is 4. The minimum absolute atomic E-state index is 0.107. The van der Waals surface area contributed by atoms with Gasteiger partial charge in [-0.2, -0.15) is 0 Å². The van der Waals surface area contributed by atoms with E-state index < -0.39 is 18.2 Å². The van der Waals surface area contributed by atoms with E-state index in [9.17, 15) is 14.7 Å². The zero-order valence-corrected chi connectivity index (χ0v) is 15.7. The molecule has 0 aliphatic carbocycles. The third kappa shape index (κ3) is 7.40. The fourth-order valence-corrected chi connectivity index (χ4v) is 2.82. The first kappa shape index (κ1) is 20.9. The molecule has 7 nitrogen and oxygen atoms in total. The molecule has 0 saturated heterocycles. The van der Waals surface area contributed by atoms with Gasteiger partial charge in [0.05, 0.1) is 25.2 Å². The molecule has 0 aromatic heterocycles. The second kappa shape index (κ2) is 11.4. The summed E-state index contributed by atoms with van der Waals surface area (Å²) in [6.45, 7) is 2.87. The van der Waals surface area contributed by atoms with E-state index in [1.165, 1.54) is 5.56 Å². The van der Waals surface area contributed by atoms with Gasteiger partial charge in [-0.15, -0.1) is 0 Å². The summed E-state index contributed by atoms with van der Waals surface area (Å²) in [7, 11) is 0. The van der Waals surface area contributed by atoms with Crippen LogP contribution in [0.3, 0.4) is 0 Å². The highest BCUT2D eigenvalue weighted by Gasteiger charge is 2.28. The number of rotatable bonds is 9. The van der Waals surface area contributed by atoms with Crippen molar-refractivity contribution in [2.45, 2.75) is 44.4 Å². The van der Waals surface area contributed by atoms with Crippen LogP contribution in [-0.4, -0.2) is 55.0 Å². The molecule has 0 saturated carbocycles. The molecule has 1 aliphatic heterocycles. The highest BCUT2D eigenvalue weighted by molar-refractivity contribution is 5.77. The summed E-state index contributed by atoms with van der Waals surface area (Å²) < 4.78 is 5.75. The van der Waals surface area contributed by atoms with Crippen LogP contribution in [0.1, 0.15) is 25.3 Å². The van der Waals surface area contributed by atoms with Crippen LogP contribution in [0.4, 0.5) is 4.79 Å². The van der Waals surface area contributed by atoms with Crippen molar-refractivity contribution in [3.8, 4) is 0 Å². The van der Waals surface area contributed by atoms with E-state index in [1.807, 2.05) is 37.3 Å². The summed E-state index contributed by atoms with van der Waals surface area (Å²) in [6.07, 6.45) is 4.32. The van der Waals surface area contributed by atoms with Crippen LogP contribution in [0.25, 0.3) is 0 Å². The van der Waals surface area contributed by atoms with Gasteiger partial charge in [-0.05, 0) is 18.4 Å². The lowest BCUT2D eigenvalue weighted by molar-refractivity contribution is -0.125. The van der Waals surface area contributed by atoms with Crippen LogP contribution >= 0.6 is 0 Å². The number of urea groups is 1. The van der Waals surface area contributed by atoms with Crippen LogP contribution in [0.5, 0.6) is 0 Å².